The molecule has 0 fully saturated rings. The number of rotatable bonds is 8. The molecule has 168 valence electrons. The van der Waals surface area contributed by atoms with Crippen molar-refractivity contribution in [2.75, 3.05) is 31.1 Å². The smallest absolute Gasteiger partial charge is 0.335 e. The molecule has 1 aliphatic carbocycles. The lowest BCUT2D eigenvalue weighted by molar-refractivity contribution is -0.132. The van der Waals surface area contributed by atoms with Crippen molar-refractivity contribution in [3.63, 3.8) is 0 Å². The molecule has 0 aromatic heterocycles. The zero-order valence-electron chi connectivity index (χ0n) is 19.7. The second kappa shape index (κ2) is 9.86. The van der Waals surface area contributed by atoms with Crippen LogP contribution in [0.3, 0.4) is 0 Å². The molecule has 0 unspecified atom stereocenters. The highest BCUT2D eigenvalue weighted by atomic mass is 16.4. The summed E-state index contributed by atoms with van der Waals surface area (Å²) in [6.45, 7) is 17.8. The molecule has 1 aromatic carbocycles. The van der Waals surface area contributed by atoms with Gasteiger partial charge in [0.2, 0.25) is 5.36 Å². The quantitative estimate of drug-likeness (QED) is 0.228. The first-order chi connectivity index (χ1) is 15.4. The SMILES string of the molecule is C=C(C(=O)O)/C(=C\C)c1c2ccc(=[N+](CC)CC)cc-2oc2cc(N(CC)CC)ccc12. The maximum Gasteiger partial charge on any atom is 0.335 e. The van der Waals surface area contributed by atoms with Gasteiger partial charge in [0.05, 0.1) is 11.6 Å². The maximum absolute atomic E-state index is 11.8. The van der Waals surface area contributed by atoms with Crippen LogP contribution in [-0.2, 0) is 4.79 Å². The van der Waals surface area contributed by atoms with Gasteiger partial charge >= 0.3 is 5.97 Å². The summed E-state index contributed by atoms with van der Waals surface area (Å²) in [5.74, 6) is -0.300. The largest absolute Gasteiger partial charge is 0.478 e. The number of carbonyl (C=O) groups is 1. The Morgan fingerprint density at radius 3 is 2.34 bits per heavy atom. The zero-order valence-corrected chi connectivity index (χ0v) is 19.7. The summed E-state index contributed by atoms with van der Waals surface area (Å²) in [6.07, 6.45) is 1.82. The van der Waals surface area contributed by atoms with Crippen molar-refractivity contribution in [2.45, 2.75) is 34.6 Å². The maximum atomic E-state index is 11.8. The lowest BCUT2D eigenvalue weighted by Crippen LogP contribution is -2.29. The van der Waals surface area contributed by atoms with Crippen LogP contribution >= 0.6 is 0 Å². The predicted molar refractivity (Wildman–Crippen MR) is 133 cm³/mol. The summed E-state index contributed by atoms with van der Waals surface area (Å²) in [4.78, 5) is 14.1. The summed E-state index contributed by atoms with van der Waals surface area (Å²) in [6, 6.07) is 12.3. The van der Waals surface area contributed by atoms with Crippen LogP contribution in [0.25, 0.3) is 27.9 Å². The molecule has 1 N–H and O–H groups in total. The Morgan fingerprint density at radius 2 is 1.78 bits per heavy atom. The number of benzene rings is 2. The number of hydrogen-bond donors (Lipinski definition) is 1. The molecule has 32 heavy (non-hydrogen) atoms. The van der Waals surface area contributed by atoms with Crippen molar-refractivity contribution in [1.82, 2.24) is 4.58 Å². The van der Waals surface area contributed by atoms with Gasteiger partial charge in [-0.15, -0.1) is 0 Å². The van der Waals surface area contributed by atoms with Crippen LogP contribution in [0.2, 0.25) is 0 Å². The number of fused-ring (bicyclic) bond motifs is 2. The minimum Gasteiger partial charge on any atom is -0.478 e. The molecule has 2 aliphatic rings. The molecule has 1 aliphatic heterocycles. The molecular weight excluding hydrogens is 400 g/mol. The first kappa shape index (κ1) is 23.3. The number of aliphatic carboxylic acids is 1. The van der Waals surface area contributed by atoms with E-state index in [4.69, 9.17) is 4.42 Å². The van der Waals surface area contributed by atoms with E-state index in [2.05, 4.69) is 55.9 Å². The summed E-state index contributed by atoms with van der Waals surface area (Å²) >= 11 is 0. The highest BCUT2D eigenvalue weighted by molar-refractivity contribution is 6.11. The molecule has 5 heteroatoms. The number of nitrogens with zero attached hydrogens (tertiary/aromatic N) is 2. The van der Waals surface area contributed by atoms with Gasteiger partial charge < -0.3 is 14.4 Å². The summed E-state index contributed by atoms with van der Waals surface area (Å²) in [5, 5.41) is 11.6. The van der Waals surface area contributed by atoms with Gasteiger partial charge in [-0.1, -0.05) is 12.7 Å². The van der Waals surface area contributed by atoms with E-state index in [9.17, 15) is 9.90 Å². The van der Waals surface area contributed by atoms with Gasteiger partial charge in [-0.05, 0) is 58.4 Å². The van der Waals surface area contributed by atoms with Gasteiger partial charge in [0, 0.05) is 47.4 Å². The van der Waals surface area contributed by atoms with Crippen LogP contribution in [-0.4, -0.2) is 37.3 Å². The predicted octanol–water partition coefficient (Wildman–Crippen LogP) is 5.24. The molecule has 0 atom stereocenters. The fourth-order valence-electron chi connectivity index (χ4n) is 4.31. The minimum absolute atomic E-state index is 0.0712. The Bertz CT molecular complexity index is 1220. The number of carboxylic acids is 1. The first-order valence-electron chi connectivity index (χ1n) is 11.3. The molecule has 3 rings (SSSR count). The van der Waals surface area contributed by atoms with Gasteiger partial charge in [0.15, 0.2) is 0 Å². The standard InChI is InChI=1S/C27H32N2O3/c1-7-21(18(6)27(30)31)26-22-14-12-19(28(8-2)9-3)16-24(22)32-25-17-20(13-15-23(25)26)29(10-4)11-5/h7,12-17H,6,8-11H2,1-5H3/p+1/b21-7+. The average molecular weight is 434 g/mol. The van der Waals surface area contributed by atoms with Crippen molar-refractivity contribution < 1.29 is 14.3 Å². The van der Waals surface area contributed by atoms with Crippen molar-refractivity contribution >= 4 is 28.2 Å². The van der Waals surface area contributed by atoms with Gasteiger partial charge in [-0.3, -0.25) is 0 Å². The molecular formula is C27H33N2O3+. The molecule has 0 amide bonds. The zero-order chi connectivity index (χ0) is 23.4. The third-order valence-electron chi connectivity index (χ3n) is 6.09. The molecule has 0 spiro atoms. The van der Waals surface area contributed by atoms with Gasteiger partial charge in [0.1, 0.15) is 24.4 Å². The third-order valence-corrected chi connectivity index (χ3v) is 6.09. The van der Waals surface area contributed by atoms with Crippen LogP contribution in [0.1, 0.15) is 40.2 Å². The second-order valence-electron chi connectivity index (χ2n) is 7.67. The number of anilines is 1. The van der Waals surface area contributed by atoms with E-state index in [0.29, 0.717) is 5.57 Å². The molecule has 0 radical (unpaired) electrons. The van der Waals surface area contributed by atoms with Crippen LogP contribution in [0.4, 0.5) is 5.69 Å². The summed E-state index contributed by atoms with van der Waals surface area (Å²) in [5.41, 5.74) is 4.20. The van der Waals surface area contributed by atoms with E-state index in [1.54, 1.807) is 0 Å². The molecule has 5 nitrogen and oxygen atoms in total. The topological polar surface area (TPSA) is 56.7 Å². The van der Waals surface area contributed by atoms with E-state index in [0.717, 1.165) is 65.1 Å². The third kappa shape index (κ3) is 4.20. The molecule has 0 bridgehead atoms. The van der Waals surface area contributed by atoms with Gasteiger partial charge in [0.25, 0.3) is 0 Å². The van der Waals surface area contributed by atoms with Crippen molar-refractivity contribution in [1.29, 1.82) is 0 Å². The van der Waals surface area contributed by atoms with Crippen molar-refractivity contribution in [2.24, 2.45) is 0 Å². The Hall–Kier alpha value is -3.34. The monoisotopic (exact) mass is 433 g/mol. The van der Waals surface area contributed by atoms with Crippen LogP contribution < -0.4 is 14.8 Å². The number of allylic oxidation sites excluding steroid dienone is 1. The molecule has 0 saturated heterocycles. The summed E-state index contributed by atoms with van der Waals surface area (Å²) in [7, 11) is 0. The van der Waals surface area contributed by atoms with Crippen LogP contribution in [0.5, 0.6) is 0 Å². The highest BCUT2D eigenvalue weighted by Crippen LogP contribution is 2.40. The Kier molecular flexibility index (Phi) is 7.18. The lowest BCUT2D eigenvalue weighted by atomic mass is 9.89. The number of carboxylic acid groups (broad SMARTS) is 1. The minimum atomic E-state index is -1.03. The van der Waals surface area contributed by atoms with E-state index in [1.807, 2.05) is 37.3 Å². The fraction of sp³-hybridized carbons (Fsp3) is 0.333. The van der Waals surface area contributed by atoms with Gasteiger partial charge in [-0.2, -0.15) is 0 Å². The van der Waals surface area contributed by atoms with Crippen LogP contribution in [0, 0.1) is 0 Å². The fourth-order valence-corrected chi connectivity index (χ4v) is 4.31. The average Bonchev–Trinajstić information content (AvgIpc) is 2.80. The first-order valence-corrected chi connectivity index (χ1v) is 11.3. The molecule has 1 aromatic rings. The van der Waals surface area contributed by atoms with Crippen molar-refractivity contribution in [3.05, 3.63) is 65.5 Å². The van der Waals surface area contributed by atoms with Crippen molar-refractivity contribution in [3.8, 4) is 11.3 Å². The highest BCUT2D eigenvalue weighted by Gasteiger charge is 2.23. The van der Waals surface area contributed by atoms with E-state index >= 15 is 0 Å². The van der Waals surface area contributed by atoms with Gasteiger partial charge in [-0.25, -0.2) is 9.37 Å². The van der Waals surface area contributed by atoms with Crippen LogP contribution in [0.15, 0.2) is 59.0 Å². The summed E-state index contributed by atoms with van der Waals surface area (Å²) < 4.78 is 8.69. The van der Waals surface area contributed by atoms with E-state index in [-0.39, 0.29) is 5.57 Å². The molecule has 0 saturated carbocycles. The number of hydrogen-bond acceptors (Lipinski definition) is 3. The molecule has 1 heterocycles. The Labute approximate surface area is 190 Å². The lowest BCUT2D eigenvalue weighted by Gasteiger charge is -2.23. The van der Waals surface area contributed by atoms with E-state index < -0.39 is 5.97 Å². The Balaban J connectivity index is 2.45. The Morgan fingerprint density at radius 1 is 1.09 bits per heavy atom. The normalized spacial score (nSPS) is 11.7. The second-order valence-corrected chi connectivity index (χ2v) is 7.67. The van der Waals surface area contributed by atoms with E-state index in [1.165, 1.54) is 0 Å².